The summed E-state index contributed by atoms with van der Waals surface area (Å²) in [7, 11) is -0.582. The molecule has 2 aliphatic rings. The van der Waals surface area contributed by atoms with Crippen LogP contribution in [0, 0.1) is 0 Å². The Balaban J connectivity index is 1.71. The van der Waals surface area contributed by atoms with E-state index in [0.717, 1.165) is 19.0 Å². The molecule has 0 aromatic heterocycles. The van der Waals surface area contributed by atoms with Gasteiger partial charge in [0.2, 0.25) is 0 Å². The average molecular weight is 246 g/mol. The van der Waals surface area contributed by atoms with Crippen molar-refractivity contribution in [1.82, 2.24) is 10.2 Å². The number of nitrogens with zero attached hydrogens (tertiary/aromatic N) is 1. The first-order valence-electron chi connectivity index (χ1n) is 6.14. The minimum Gasteiger partial charge on any atom is -0.311 e. The van der Waals surface area contributed by atoms with Gasteiger partial charge in [0, 0.05) is 24.7 Å². The van der Waals surface area contributed by atoms with Crippen molar-refractivity contribution in [2.24, 2.45) is 0 Å². The first kappa shape index (κ1) is 12.3. The molecular weight excluding hydrogens is 224 g/mol. The molecule has 1 saturated carbocycles. The van der Waals surface area contributed by atoms with Gasteiger partial charge in [0.1, 0.15) is 0 Å². The van der Waals surface area contributed by atoms with Gasteiger partial charge in [0.05, 0.1) is 11.5 Å². The second-order valence-corrected chi connectivity index (χ2v) is 7.48. The zero-order valence-electron chi connectivity index (χ0n) is 10.1. The molecular formula is C11H22N2O2S. The summed E-state index contributed by atoms with van der Waals surface area (Å²) in [5, 5.41) is 3.38. The summed E-state index contributed by atoms with van der Waals surface area (Å²) < 4.78 is 22.6. The van der Waals surface area contributed by atoms with Crippen molar-refractivity contribution in [3.8, 4) is 0 Å². The number of hydrogen-bond acceptors (Lipinski definition) is 4. The van der Waals surface area contributed by atoms with E-state index >= 15 is 0 Å². The van der Waals surface area contributed by atoms with Gasteiger partial charge in [-0.05, 0) is 33.2 Å². The molecule has 1 saturated heterocycles. The number of sulfone groups is 1. The second kappa shape index (κ2) is 4.63. The maximum atomic E-state index is 11.3. The minimum absolute atomic E-state index is 0.181. The van der Waals surface area contributed by atoms with Crippen LogP contribution < -0.4 is 5.32 Å². The third-order valence-electron chi connectivity index (χ3n) is 3.75. The Morgan fingerprint density at radius 1 is 1.38 bits per heavy atom. The van der Waals surface area contributed by atoms with E-state index in [1.807, 2.05) is 0 Å². The van der Waals surface area contributed by atoms with E-state index in [2.05, 4.69) is 24.2 Å². The maximum absolute atomic E-state index is 11.3. The van der Waals surface area contributed by atoms with Crippen molar-refractivity contribution < 1.29 is 8.42 Å². The number of hydrogen-bond donors (Lipinski definition) is 1. The molecule has 2 rings (SSSR count). The fourth-order valence-electron chi connectivity index (χ4n) is 2.28. The minimum atomic E-state index is -2.74. The summed E-state index contributed by atoms with van der Waals surface area (Å²) in [6.07, 6.45) is 3.42. The smallest absolute Gasteiger partial charge is 0.151 e. The SMILES string of the molecule is CC(CNC1CCS(=O)(=O)C1)N(C)C1CC1. The summed E-state index contributed by atoms with van der Waals surface area (Å²) in [5.74, 6) is 0.685. The predicted molar refractivity (Wildman–Crippen MR) is 65.3 cm³/mol. The molecule has 1 heterocycles. The molecule has 2 atom stereocenters. The van der Waals surface area contributed by atoms with Crippen LogP contribution in [0.1, 0.15) is 26.2 Å². The van der Waals surface area contributed by atoms with Crippen molar-refractivity contribution in [3.63, 3.8) is 0 Å². The third kappa shape index (κ3) is 3.18. The molecule has 1 aliphatic heterocycles. The van der Waals surface area contributed by atoms with Crippen molar-refractivity contribution in [2.75, 3.05) is 25.1 Å². The molecule has 0 aromatic carbocycles. The van der Waals surface area contributed by atoms with Gasteiger partial charge < -0.3 is 5.32 Å². The number of likely N-dealkylation sites (N-methyl/N-ethyl adjacent to an activating group) is 1. The first-order valence-corrected chi connectivity index (χ1v) is 7.96. The van der Waals surface area contributed by atoms with Gasteiger partial charge >= 0.3 is 0 Å². The number of nitrogens with one attached hydrogen (secondary N) is 1. The van der Waals surface area contributed by atoms with Gasteiger partial charge in [-0.15, -0.1) is 0 Å². The van der Waals surface area contributed by atoms with E-state index in [1.165, 1.54) is 12.8 Å². The highest BCUT2D eigenvalue weighted by Gasteiger charge is 2.31. The van der Waals surface area contributed by atoms with E-state index in [9.17, 15) is 8.42 Å². The van der Waals surface area contributed by atoms with Crippen LogP contribution in [0.4, 0.5) is 0 Å². The summed E-state index contributed by atoms with van der Waals surface area (Å²) >= 11 is 0. The zero-order chi connectivity index (χ0) is 11.8. The Kier molecular flexibility index (Phi) is 3.56. The van der Waals surface area contributed by atoms with Crippen molar-refractivity contribution in [1.29, 1.82) is 0 Å². The lowest BCUT2D eigenvalue weighted by molar-refractivity contribution is 0.237. The standard InChI is InChI=1S/C11H22N2O2S/c1-9(13(2)11-3-4-11)7-12-10-5-6-16(14,15)8-10/h9-12H,3-8H2,1-2H3. The molecule has 94 valence electrons. The molecule has 0 radical (unpaired) electrons. The van der Waals surface area contributed by atoms with Crippen LogP contribution >= 0.6 is 0 Å². The van der Waals surface area contributed by atoms with E-state index in [0.29, 0.717) is 17.5 Å². The first-order chi connectivity index (χ1) is 7.48. The highest BCUT2D eigenvalue weighted by Crippen LogP contribution is 2.26. The molecule has 0 amide bonds. The Bertz CT molecular complexity index is 338. The monoisotopic (exact) mass is 246 g/mol. The summed E-state index contributed by atoms with van der Waals surface area (Å²) in [4.78, 5) is 2.40. The summed E-state index contributed by atoms with van der Waals surface area (Å²) in [6, 6.07) is 1.44. The lowest BCUT2D eigenvalue weighted by Crippen LogP contribution is -2.43. The fraction of sp³-hybridized carbons (Fsp3) is 1.00. The van der Waals surface area contributed by atoms with Crippen LogP contribution in [0.2, 0.25) is 0 Å². The van der Waals surface area contributed by atoms with Crippen molar-refractivity contribution >= 4 is 9.84 Å². The summed E-state index contributed by atoms with van der Waals surface area (Å²) in [6.45, 7) is 3.10. The molecule has 0 aromatic rings. The molecule has 4 nitrogen and oxygen atoms in total. The van der Waals surface area contributed by atoms with E-state index in [4.69, 9.17) is 0 Å². The Morgan fingerprint density at radius 3 is 2.56 bits per heavy atom. The lowest BCUT2D eigenvalue weighted by Gasteiger charge is -2.26. The molecule has 0 spiro atoms. The fourth-order valence-corrected chi connectivity index (χ4v) is 3.99. The summed E-state index contributed by atoms with van der Waals surface area (Å²) in [5.41, 5.74) is 0. The van der Waals surface area contributed by atoms with E-state index in [1.54, 1.807) is 0 Å². The predicted octanol–water partition coefficient (Wildman–Crippen LogP) is 0.246. The molecule has 2 unspecified atom stereocenters. The Labute approximate surface area is 98.3 Å². The molecule has 0 bridgehead atoms. The number of rotatable bonds is 5. The van der Waals surface area contributed by atoms with Crippen LogP contribution in [0.3, 0.4) is 0 Å². The lowest BCUT2D eigenvalue weighted by atomic mass is 10.2. The quantitative estimate of drug-likeness (QED) is 0.755. The van der Waals surface area contributed by atoms with E-state index in [-0.39, 0.29) is 6.04 Å². The molecule has 1 aliphatic carbocycles. The molecule has 1 N–H and O–H groups in total. The average Bonchev–Trinajstić information content (AvgIpc) is 2.99. The van der Waals surface area contributed by atoms with Crippen molar-refractivity contribution in [3.05, 3.63) is 0 Å². The zero-order valence-corrected chi connectivity index (χ0v) is 11.0. The van der Waals surface area contributed by atoms with Gasteiger partial charge in [0.25, 0.3) is 0 Å². The largest absolute Gasteiger partial charge is 0.311 e. The van der Waals surface area contributed by atoms with Crippen LogP contribution in [0.5, 0.6) is 0 Å². The molecule has 2 fully saturated rings. The van der Waals surface area contributed by atoms with Gasteiger partial charge in [0.15, 0.2) is 9.84 Å². The topological polar surface area (TPSA) is 49.4 Å². The van der Waals surface area contributed by atoms with Crippen LogP contribution in [-0.4, -0.2) is 56.5 Å². The maximum Gasteiger partial charge on any atom is 0.151 e. The second-order valence-electron chi connectivity index (χ2n) is 5.25. The van der Waals surface area contributed by atoms with Crippen LogP contribution in [-0.2, 0) is 9.84 Å². The highest BCUT2D eigenvalue weighted by molar-refractivity contribution is 7.91. The Hall–Kier alpha value is -0.130. The van der Waals surface area contributed by atoms with Gasteiger partial charge in [-0.1, -0.05) is 0 Å². The van der Waals surface area contributed by atoms with Crippen molar-refractivity contribution in [2.45, 2.75) is 44.3 Å². The Morgan fingerprint density at radius 2 is 2.06 bits per heavy atom. The van der Waals surface area contributed by atoms with Gasteiger partial charge in [-0.3, -0.25) is 4.90 Å². The molecule has 16 heavy (non-hydrogen) atoms. The molecule has 5 heteroatoms. The highest BCUT2D eigenvalue weighted by atomic mass is 32.2. The third-order valence-corrected chi connectivity index (χ3v) is 5.52. The van der Waals surface area contributed by atoms with Gasteiger partial charge in [-0.2, -0.15) is 0 Å². The van der Waals surface area contributed by atoms with Crippen LogP contribution in [0.15, 0.2) is 0 Å². The van der Waals surface area contributed by atoms with Gasteiger partial charge in [-0.25, -0.2) is 8.42 Å². The van der Waals surface area contributed by atoms with Crippen LogP contribution in [0.25, 0.3) is 0 Å². The van der Waals surface area contributed by atoms with E-state index < -0.39 is 9.84 Å². The normalized spacial score (nSPS) is 30.8.